The molecule has 0 N–H and O–H groups in total. The fourth-order valence-electron chi connectivity index (χ4n) is 2.67. The van der Waals surface area contributed by atoms with Crippen LogP contribution in [0.4, 0.5) is 0 Å². The number of benzene rings is 1. The van der Waals surface area contributed by atoms with Crippen molar-refractivity contribution in [3.05, 3.63) is 29.3 Å². The zero-order valence-electron chi connectivity index (χ0n) is 15.4. The van der Waals surface area contributed by atoms with Gasteiger partial charge in [0.1, 0.15) is 11.0 Å². The van der Waals surface area contributed by atoms with Gasteiger partial charge in [0.25, 0.3) is 0 Å². The number of piperidine rings is 1. The molecule has 22 heavy (non-hydrogen) atoms. The van der Waals surface area contributed by atoms with Crippen LogP contribution in [0.5, 0.6) is 0 Å². The van der Waals surface area contributed by atoms with Crippen molar-refractivity contribution in [1.82, 2.24) is 4.31 Å². The summed E-state index contributed by atoms with van der Waals surface area (Å²) in [4.78, 5) is 0.998. The minimum Gasteiger partial charge on any atom is -0.237 e. The maximum atomic E-state index is 12.9. The molecule has 0 amide bonds. The summed E-state index contributed by atoms with van der Waals surface area (Å²) in [6.45, 7) is 16.9. The summed E-state index contributed by atoms with van der Waals surface area (Å²) in [6, 6.07) is 6.33. The molecule has 0 spiro atoms. The van der Waals surface area contributed by atoms with Gasteiger partial charge in [0, 0.05) is 13.1 Å². The van der Waals surface area contributed by atoms with E-state index in [-0.39, 0.29) is 5.41 Å². The summed E-state index contributed by atoms with van der Waals surface area (Å²) in [7, 11) is -1.02. The summed E-state index contributed by atoms with van der Waals surface area (Å²) in [6.07, 6.45) is 2.31. The molecule has 0 saturated carbocycles. The lowest BCUT2D eigenvalue weighted by atomic mass is 9.86. The molecule has 1 heterocycles. The lowest BCUT2D eigenvalue weighted by Crippen LogP contribution is -2.35. The molecular weight excluding hydrogens is 290 g/mol. The van der Waals surface area contributed by atoms with Gasteiger partial charge < -0.3 is 0 Å². The Morgan fingerprint density at radius 2 is 1.68 bits per heavy atom. The number of nitrogens with zero attached hydrogens (tertiary/aromatic N) is 1. The van der Waals surface area contributed by atoms with E-state index in [0.29, 0.717) is 0 Å². The quantitative estimate of drug-likeness (QED) is 0.744. The predicted molar refractivity (Wildman–Crippen MR) is 97.6 cm³/mol. The highest BCUT2D eigenvalue weighted by atomic mass is 32.2. The van der Waals surface area contributed by atoms with Crippen molar-refractivity contribution in [3.8, 4) is 0 Å². The maximum Gasteiger partial charge on any atom is 0.127 e. The molecule has 0 aliphatic carbocycles. The second kappa shape index (κ2) is 8.26. The molecule has 1 aliphatic heterocycles. The molecule has 0 radical (unpaired) electrons. The fourth-order valence-corrected chi connectivity index (χ4v) is 4.23. The first-order chi connectivity index (χ1) is 10.3. The smallest absolute Gasteiger partial charge is 0.127 e. The van der Waals surface area contributed by atoms with Crippen LogP contribution in [-0.2, 0) is 16.4 Å². The van der Waals surface area contributed by atoms with Crippen molar-refractivity contribution < 1.29 is 4.21 Å². The van der Waals surface area contributed by atoms with Crippen LogP contribution in [0.25, 0.3) is 0 Å². The van der Waals surface area contributed by atoms with Gasteiger partial charge in [-0.05, 0) is 42.7 Å². The molecule has 126 valence electrons. The van der Waals surface area contributed by atoms with E-state index in [2.05, 4.69) is 57.1 Å². The molecule has 1 aromatic rings. The molecule has 1 saturated heterocycles. The minimum absolute atomic E-state index is 0.0279. The first kappa shape index (κ1) is 19.4. The number of hydrogen-bond acceptors (Lipinski definition) is 1. The summed E-state index contributed by atoms with van der Waals surface area (Å²) in [5, 5.41) is 0. The summed E-state index contributed by atoms with van der Waals surface area (Å²) in [5.74, 6) is 0.767. The molecule has 0 aromatic heterocycles. The third kappa shape index (κ3) is 4.92. The maximum absolute atomic E-state index is 12.9. The highest BCUT2D eigenvalue weighted by Gasteiger charge is 2.26. The van der Waals surface area contributed by atoms with Gasteiger partial charge in [0.2, 0.25) is 0 Å². The molecule has 1 fully saturated rings. The van der Waals surface area contributed by atoms with Crippen LogP contribution >= 0.6 is 0 Å². The molecule has 3 heteroatoms. The van der Waals surface area contributed by atoms with Gasteiger partial charge in [0.05, 0.1) is 4.90 Å². The van der Waals surface area contributed by atoms with Crippen LogP contribution in [0.2, 0.25) is 0 Å². The van der Waals surface area contributed by atoms with E-state index in [1.807, 2.05) is 13.8 Å². The Morgan fingerprint density at radius 3 is 2.18 bits per heavy atom. The SMILES string of the molecule is CC.Cc1ccc(S(=O)N2CCC(C)CC2)c(C(C)(C)C)c1. The lowest BCUT2D eigenvalue weighted by molar-refractivity contribution is 0.299. The van der Waals surface area contributed by atoms with Crippen LogP contribution in [0.1, 0.15) is 65.5 Å². The van der Waals surface area contributed by atoms with Crippen molar-refractivity contribution >= 4 is 11.0 Å². The average Bonchev–Trinajstić information content (AvgIpc) is 2.48. The van der Waals surface area contributed by atoms with Gasteiger partial charge in [-0.1, -0.05) is 59.2 Å². The molecule has 2 nitrogen and oxygen atoms in total. The van der Waals surface area contributed by atoms with E-state index in [9.17, 15) is 4.21 Å². The number of aryl methyl sites for hydroxylation is 1. The highest BCUT2D eigenvalue weighted by molar-refractivity contribution is 7.82. The molecular formula is C19H33NOS. The monoisotopic (exact) mass is 323 g/mol. The zero-order chi connectivity index (χ0) is 16.9. The minimum atomic E-state index is -1.02. The van der Waals surface area contributed by atoms with Crippen LogP contribution in [0.15, 0.2) is 23.1 Å². The first-order valence-electron chi connectivity index (χ1n) is 8.57. The Balaban J connectivity index is 0.00000116. The van der Waals surface area contributed by atoms with E-state index in [1.165, 1.54) is 11.1 Å². The van der Waals surface area contributed by atoms with Crippen molar-refractivity contribution in [1.29, 1.82) is 0 Å². The fraction of sp³-hybridized carbons (Fsp3) is 0.684. The zero-order valence-corrected chi connectivity index (χ0v) is 16.2. The highest BCUT2D eigenvalue weighted by Crippen LogP contribution is 2.31. The van der Waals surface area contributed by atoms with Gasteiger partial charge in [0.15, 0.2) is 0 Å². The van der Waals surface area contributed by atoms with Gasteiger partial charge in [-0.25, -0.2) is 8.51 Å². The van der Waals surface area contributed by atoms with E-state index < -0.39 is 11.0 Å². The Morgan fingerprint density at radius 1 is 1.14 bits per heavy atom. The first-order valence-corrected chi connectivity index (χ1v) is 9.67. The van der Waals surface area contributed by atoms with Crippen molar-refractivity contribution in [2.45, 2.75) is 71.6 Å². The summed E-state index contributed by atoms with van der Waals surface area (Å²) >= 11 is 0. The Hall–Kier alpha value is -0.670. The lowest BCUT2D eigenvalue weighted by Gasteiger charge is -2.31. The molecule has 1 aromatic carbocycles. The molecule has 1 aliphatic rings. The Kier molecular flexibility index (Phi) is 7.27. The Labute approximate surface area is 139 Å². The largest absolute Gasteiger partial charge is 0.237 e. The third-order valence-corrected chi connectivity index (χ3v) is 5.67. The number of hydrogen-bond donors (Lipinski definition) is 0. The van der Waals surface area contributed by atoms with Crippen LogP contribution in [0, 0.1) is 12.8 Å². The van der Waals surface area contributed by atoms with E-state index in [0.717, 1.165) is 36.7 Å². The standard InChI is InChI=1S/C17H27NOS.C2H6/c1-13-8-10-18(11-9-13)20(19)16-7-6-14(2)12-15(16)17(3,4)5;1-2/h6-7,12-13H,8-11H2,1-5H3;1-2H3. The topological polar surface area (TPSA) is 20.3 Å². The molecule has 2 rings (SSSR count). The van der Waals surface area contributed by atoms with E-state index in [4.69, 9.17) is 0 Å². The molecule has 1 unspecified atom stereocenters. The second-order valence-electron chi connectivity index (χ2n) is 7.11. The van der Waals surface area contributed by atoms with Crippen molar-refractivity contribution in [3.63, 3.8) is 0 Å². The molecule has 1 atom stereocenters. The Bertz CT molecular complexity index is 497. The normalized spacial score (nSPS) is 18.5. The summed E-state index contributed by atoms with van der Waals surface area (Å²) in [5.41, 5.74) is 2.48. The van der Waals surface area contributed by atoms with Crippen LogP contribution in [-0.4, -0.2) is 21.6 Å². The van der Waals surface area contributed by atoms with E-state index in [1.54, 1.807) is 0 Å². The third-order valence-electron chi connectivity index (χ3n) is 4.11. The van der Waals surface area contributed by atoms with E-state index >= 15 is 0 Å². The van der Waals surface area contributed by atoms with Crippen LogP contribution < -0.4 is 0 Å². The van der Waals surface area contributed by atoms with Crippen LogP contribution in [0.3, 0.4) is 0 Å². The average molecular weight is 324 g/mol. The van der Waals surface area contributed by atoms with Gasteiger partial charge in [-0.2, -0.15) is 0 Å². The predicted octanol–water partition coefficient (Wildman–Crippen LogP) is 5.07. The van der Waals surface area contributed by atoms with Gasteiger partial charge in [-0.15, -0.1) is 0 Å². The van der Waals surface area contributed by atoms with Crippen molar-refractivity contribution in [2.24, 2.45) is 5.92 Å². The summed E-state index contributed by atoms with van der Waals surface area (Å²) < 4.78 is 15.1. The number of rotatable bonds is 2. The van der Waals surface area contributed by atoms with Crippen molar-refractivity contribution in [2.75, 3.05) is 13.1 Å². The van der Waals surface area contributed by atoms with Gasteiger partial charge in [-0.3, -0.25) is 0 Å². The van der Waals surface area contributed by atoms with Gasteiger partial charge >= 0.3 is 0 Å². The molecule has 0 bridgehead atoms. The second-order valence-corrected chi connectivity index (χ2v) is 8.56.